The van der Waals surface area contributed by atoms with E-state index in [2.05, 4.69) is 5.32 Å². The molecule has 2 aromatic carbocycles. The molecule has 0 saturated carbocycles. The van der Waals surface area contributed by atoms with E-state index >= 15 is 0 Å². The zero-order valence-electron chi connectivity index (χ0n) is 16.6. The highest BCUT2D eigenvalue weighted by Crippen LogP contribution is 2.15. The van der Waals surface area contributed by atoms with Crippen LogP contribution in [-0.4, -0.2) is 21.6 Å². The molecular formula is C23H21FN2O4. The van der Waals surface area contributed by atoms with Crippen molar-refractivity contribution in [2.24, 2.45) is 0 Å². The molecule has 0 aliphatic carbocycles. The van der Waals surface area contributed by atoms with E-state index in [-0.39, 0.29) is 17.9 Å². The van der Waals surface area contributed by atoms with Crippen LogP contribution in [0.1, 0.15) is 38.8 Å². The van der Waals surface area contributed by atoms with Crippen molar-refractivity contribution in [3.63, 3.8) is 0 Å². The van der Waals surface area contributed by atoms with E-state index in [1.807, 2.05) is 0 Å². The summed E-state index contributed by atoms with van der Waals surface area (Å²) in [5.41, 5.74) is 1.77. The number of carbonyl (C=O) groups is 2. The first-order valence-electron chi connectivity index (χ1n) is 9.32. The third kappa shape index (κ3) is 4.46. The lowest BCUT2D eigenvalue weighted by Gasteiger charge is -2.17. The maximum Gasteiger partial charge on any atom is 0.330 e. The average Bonchev–Trinajstić information content (AvgIpc) is 2.73. The number of aliphatic carboxylic acids is 1. The maximum absolute atomic E-state index is 13.2. The number of amides is 1. The number of aryl methyl sites for hydroxylation is 1. The number of carboxylic acids is 1. The standard InChI is InChI=1S/C23H21FN2O4/c1-14-12-19(21(27)25-20(23(29)30)17-6-4-3-5-7-17)22(28)26(15(14)2)13-16-8-10-18(24)11-9-16/h3-12,20H,13H2,1-2H3,(H,25,27)(H,29,30)/t20-/m1/s1. The normalized spacial score (nSPS) is 11.7. The molecule has 30 heavy (non-hydrogen) atoms. The second-order valence-corrected chi connectivity index (χ2v) is 7.00. The Kier molecular flexibility index (Phi) is 6.11. The minimum atomic E-state index is -1.29. The van der Waals surface area contributed by atoms with Gasteiger partial charge in [-0.05, 0) is 48.7 Å². The topological polar surface area (TPSA) is 88.4 Å². The fraction of sp³-hybridized carbons (Fsp3) is 0.174. The Bertz CT molecular complexity index is 1140. The molecule has 0 fully saturated rings. The van der Waals surface area contributed by atoms with Crippen LogP contribution in [0.4, 0.5) is 4.39 Å². The van der Waals surface area contributed by atoms with Crippen LogP contribution >= 0.6 is 0 Å². The van der Waals surface area contributed by atoms with Crippen LogP contribution in [0.3, 0.4) is 0 Å². The van der Waals surface area contributed by atoms with Crippen LogP contribution in [0.2, 0.25) is 0 Å². The van der Waals surface area contributed by atoms with Gasteiger partial charge in [0.1, 0.15) is 11.4 Å². The molecule has 1 atom stereocenters. The van der Waals surface area contributed by atoms with Crippen molar-refractivity contribution < 1.29 is 19.1 Å². The lowest BCUT2D eigenvalue weighted by molar-refractivity contribution is -0.139. The van der Waals surface area contributed by atoms with Crippen LogP contribution in [0.15, 0.2) is 65.5 Å². The molecule has 1 aromatic heterocycles. The Hall–Kier alpha value is -3.74. The summed E-state index contributed by atoms with van der Waals surface area (Å²) in [4.78, 5) is 37.5. The molecule has 0 aliphatic heterocycles. The quantitative estimate of drug-likeness (QED) is 0.656. The second kappa shape index (κ2) is 8.73. The van der Waals surface area contributed by atoms with Gasteiger partial charge in [0.25, 0.3) is 11.5 Å². The number of carbonyl (C=O) groups excluding carboxylic acids is 1. The predicted octanol–water partition coefficient (Wildman–Crippen LogP) is 3.21. The van der Waals surface area contributed by atoms with Crippen molar-refractivity contribution in [3.8, 4) is 0 Å². The van der Waals surface area contributed by atoms with Crippen LogP contribution in [0, 0.1) is 19.7 Å². The number of rotatable bonds is 6. The van der Waals surface area contributed by atoms with Crippen molar-refractivity contribution in [2.45, 2.75) is 26.4 Å². The summed E-state index contributed by atoms with van der Waals surface area (Å²) < 4.78 is 14.6. The fourth-order valence-corrected chi connectivity index (χ4v) is 3.16. The zero-order chi connectivity index (χ0) is 21.8. The van der Waals surface area contributed by atoms with Gasteiger partial charge in [-0.1, -0.05) is 42.5 Å². The summed E-state index contributed by atoms with van der Waals surface area (Å²) in [6.45, 7) is 3.68. The number of benzene rings is 2. The summed E-state index contributed by atoms with van der Waals surface area (Å²) in [6.07, 6.45) is 0. The van der Waals surface area contributed by atoms with Crippen molar-refractivity contribution >= 4 is 11.9 Å². The number of nitrogens with zero attached hydrogens (tertiary/aromatic N) is 1. The van der Waals surface area contributed by atoms with E-state index in [0.717, 1.165) is 0 Å². The smallest absolute Gasteiger partial charge is 0.330 e. The Morgan fingerprint density at radius 1 is 1.07 bits per heavy atom. The third-order valence-corrected chi connectivity index (χ3v) is 4.97. The number of hydrogen-bond donors (Lipinski definition) is 2. The van der Waals surface area contributed by atoms with Gasteiger partial charge in [0.2, 0.25) is 0 Å². The van der Waals surface area contributed by atoms with E-state index in [1.165, 1.54) is 22.8 Å². The lowest BCUT2D eigenvalue weighted by Crippen LogP contribution is -2.38. The zero-order valence-corrected chi connectivity index (χ0v) is 16.6. The Labute approximate surface area is 172 Å². The molecule has 3 rings (SSSR count). The minimum absolute atomic E-state index is 0.151. The second-order valence-electron chi connectivity index (χ2n) is 7.00. The van der Waals surface area contributed by atoms with Gasteiger partial charge in [0.05, 0.1) is 6.54 Å². The van der Waals surface area contributed by atoms with Crippen LogP contribution in [0.25, 0.3) is 0 Å². The highest BCUT2D eigenvalue weighted by atomic mass is 19.1. The largest absolute Gasteiger partial charge is 0.479 e. The molecular weight excluding hydrogens is 387 g/mol. The number of halogens is 1. The first kappa shape index (κ1) is 21.0. The monoisotopic (exact) mass is 408 g/mol. The van der Waals surface area contributed by atoms with Crippen molar-refractivity contribution in [2.75, 3.05) is 0 Å². The van der Waals surface area contributed by atoms with Crippen molar-refractivity contribution in [3.05, 3.63) is 105 Å². The van der Waals surface area contributed by atoms with Crippen molar-refractivity contribution in [1.82, 2.24) is 9.88 Å². The Balaban J connectivity index is 1.96. The van der Waals surface area contributed by atoms with Gasteiger partial charge in [-0.2, -0.15) is 0 Å². The summed E-state index contributed by atoms with van der Waals surface area (Å²) in [7, 11) is 0. The van der Waals surface area contributed by atoms with Gasteiger partial charge in [-0.25, -0.2) is 9.18 Å². The fourth-order valence-electron chi connectivity index (χ4n) is 3.16. The Morgan fingerprint density at radius 3 is 2.30 bits per heavy atom. The number of hydrogen-bond acceptors (Lipinski definition) is 3. The maximum atomic E-state index is 13.2. The van der Waals surface area contributed by atoms with Gasteiger partial charge in [0.15, 0.2) is 6.04 Å². The third-order valence-electron chi connectivity index (χ3n) is 4.97. The van der Waals surface area contributed by atoms with E-state index in [1.54, 1.807) is 56.3 Å². The van der Waals surface area contributed by atoms with Crippen molar-refractivity contribution in [1.29, 1.82) is 0 Å². The molecule has 0 unspecified atom stereocenters. The minimum Gasteiger partial charge on any atom is -0.479 e. The van der Waals surface area contributed by atoms with E-state index < -0.39 is 23.5 Å². The highest BCUT2D eigenvalue weighted by molar-refractivity contribution is 5.96. The SMILES string of the molecule is Cc1cc(C(=O)N[C@@H](C(=O)O)c2ccccc2)c(=O)n(Cc2ccc(F)cc2)c1C. The van der Waals surface area contributed by atoms with Gasteiger partial charge in [0, 0.05) is 5.69 Å². The molecule has 0 spiro atoms. The molecule has 2 N–H and O–H groups in total. The van der Waals surface area contributed by atoms with Crippen LogP contribution in [0.5, 0.6) is 0 Å². The molecule has 0 bridgehead atoms. The molecule has 154 valence electrons. The van der Waals surface area contributed by atoms with E-state index in [0.29, 0.717) is 22.4 Å². The number of pyridine rings is 1. The number of carboxylic acid groups (broad SMARTS) is 1. The molecule has 6 nitrogen and oxygen atoms in total. The first-order valence-corrected chi connectivity index (χ1v) is 9.32. The number of aromatic nitrogens is 1. The first-order chi connectivity index (χ1) is 14.3. The molecule has 0 radical (unpaired) electrons. The summed E-state index contributed by atoms with van der Waals surface area (Å²) >= 11 is 0. The van der Waals surface area contributed by atoms with Gasteiger partial charge < -0.3 is 15.0 Å². The molecule has 7 heteroatoms. The van der Waals surface area contributed by atoms with E-state index in [4.69, 9.17) is 0 Å². The van der Waals surface area contributed by atoms with Gasteiger partial charge >= 0.3 is 5.97 Å². The van der Waals surface area contributed by atoms with Crippen LogP contribution in [-0.2, 0) is 11.3 Å². The van der Waals surface area contributed by atoms with E-state index in [9.17, 15) is 23.9 Å². The number of nitrogens with one attached hydrogen (secondary N) is 1. The summed E-state index contributed by atoms with van der Waals surface area (Å²) in [6, 6.07) is 14.2. The van der Waals surface area contributed by atoms with Gasteiger partial charge in [-0.3, -0.25) is 9.59 Å². The molecule has 0 aliphatic rings. The highest BCUT2D eigenvalue weighted by Gasteiger charge is 2.25. The molecule has 1 heterocycles. The molecule has 0 saturated heterocycles. The molecule has 1 amide bonds. The summed E-state index contributed by atoms with van der Waals surface area (Å²) in [5.74, 6) is -2.38. The van der Waals surface area contributed by atoms with Crippen LogP contribution < -0.4 is 10.9 Å². The lowest BCUT2D eigenvalue weighted by atomic mass is 10.1. The summed E-state index contributed by atoms with van der Waals surface area (Å²) in [5, 5.41) is 12.0. The predicted molar refractivity (Wildman–Crippen MR) is 110 cm³/mol. The Morgan fingerprint density at radius 2 is 1.70 bits per heavy atom. The molecule has 3 aromatic rings. The van der Waals surface area contributed by atoms with Gasteiger partial charge in [-0.15, -0.1) is 0 Å². The average molecular weight is 408 g/mol.